The van der Waals surface area contributed by atoms with E-state index in [2.05, 4.69) is 10.6 Å². The van der Waals surface area contributed by atoms with Crippen LogP contribution >= 0.6 is 11.3 Å². The summed E-state index contributed by atoms with van der Waals surface area (Å²) in [5.41, 5.74) is 7.52. The third-order valence-electron chi connectivity index (χ3n) is 3.47. The maximum absolute atomic E-state index is 12.1. The first-order chi connectivity index (χ1) is 11.1. The minimum absolute atomic E-state index is 0.0637. The molecule has 2 rings (SSSR count). The molecule has 0 saturated heterocycles. The zero-order valence-corrected chi connectivity index (χ0v) is 13.9. The predicted molar refractivity (Wildman–Crippen MR) is 92.1 cm³/mol. The second-order valence-corrected chi connectivity index (χ2v) is 6.21. The van der Waals surface area contributed by atoms with E-state index in [0.717, 1.165) is 16.0 Å². The highest BCUT2D eigenvalue weighted by molar-refractivity contribution is 7.10. The molecule has 0 radical (unpaired) electrons. The zero-order valence-electron chi connectivity index (χ0n) is 13.0. The van der Waals surface area contributed by atoms with E-state index in [1.54, 1.807) is 11.3 Å². The Morgan fingerprint density at radius 1 is 1.17 bits per heavy atom. The molecule has 5 nitrogen and oxygen atoms in total. The minimum Gasteiger partial charge on any atom is -0.347 e. The predicted octanol–water partition coefficient (Wildman–Crippen LogP) is 1.53. The molecule has 2 aromatic rings. The average Bonchev–Trinajstić information content (AvgIpc) is 2.99. The first-order valence-electron chi connectivity index (χ1n) is 7.44. The Bertz CT molecular complexity index is 655. The lowest BCUT2D eigenvalue weighted by Crippen LogP contribution is -2.41. The van der Waals surface area contributed by atoms with Gasteiger partial charge in [-0.3, -0.25) is 9.59 Å². The van der Waals surface area contributed by atoms with Crippen molar-refractivity contribution >= 4 is 23.2 Å². The van der Waals surface area contributed by atoms with Gasteiger partial charge in [-0.05, 0) is 35.9 Å². The van der Waals surface area contributed by atoms with Gasteiger partial charge in [-0.2, -0.15) is 0 Å². The number of rotatable bonds is 7. The summed E-state index contributed by atoms with van der Waals surface area (Å²) in [6.07, 6.45) is 0.707. The molecule has 1 unspecified atom stereocenters. The monoisotopic (exact) mass is 331 g/mol. The average molecular weight is 331 g/mol. The van der Waals surface area contributed by atoms with Crippen LogP contribution in [0.4, 0.5) is 0 Å². The molecule has 0 aliphatic carbocycles. The summed E-state index contributed by atoms with van der Waals surface area (Å²) < 4.78 is 0. The van der Waals surface area contributed by atoms with Crippen LogP contribution in [0.2, 0.25) is 0 Å². The molecule has 0 aliphatic rings. The van der Waals surface area contributed by atoms with Crippen molar-refractivity contribution in [3.8, 4) is 0 Å². The van der Waals surface area contributed by atoms with Crippen molar-refractivity contribution in [2.24, 2.45) is 5.73 Å². The van der Waals surface area contributed by atoms with Crippen LogP contribution < -0.4 is 16.4 Å². The third kappa shape index (κ3) is 5.19. The van der Waals surface area contributed by atoms with Crippen LogP contribution in [0.5, 0.6) is 0 Å². The number of aryl methyl sites for hydroxylation is 1. The quantitative estimate of drug-likeness (QED) is 0.719. The van der Waals surface area contributed by atoms with E-state index in [9.17, 15) is 9.59 Å². The molecule has 1 aromatic carbocycles. The van der Waals surface area contributed by atoms with Crippen LogP contribution in [0.3, 0.4) is 0 Å². The highest BCUT2D eigenvalue weighted by atomic mass is 32.1. The lowest BCUT2D eigenvalue weighted by atomic mass is 10.0. The summed E-state index contributed by atoms with van der Waals surface area (Å²) in [6.45, 7) is 1.85. The highest BCUT2D eigenvalue weighted by Crippen LogP contribution is 2.26. The second-order valence-electron chi connectivity index (χ2n) is 5.26. The van der Waals surface area contributed by atoms with Crippen LogP contribution in [-0.2, 0) is 16.0 Å². The van der Waals surface area contributed by atoms with Crippen LogP contribution in [0, 0.1) is 6.92 Å². The fourth-order valence-electron chi connectivity index (χ4n) is 2.30. The van der Waals surface area contributed by atoms with Gasteiger partial charge >= 0.3 is 0 Å². The minimum atomic E-state index is -0.341. The van der Waals surface area contributed by atoms with Crippen LogP contribution in [0.25, 0.3) is 0 Å². The smallest absolute Gasteiger partial charge is 0.239 e. The third-order valence-corrected chi connectivity index (χ3v) is 4.60. The maximum Gasteiger partial charge on any atom is 0.239 e. The summed E-state index contributed by atoms with van der Waals surface area (Å²) in [5.74, 6) is -0.562. The molecule has 0 aliphatic heterocycles. The van der Waals surface area contributed by atoms with Crippen molar-refractivity contribution in [2.45, 2.75) is 19.4 Å². The Morgan fingerprint density at radius 2 is 1.91 bits per heavy atom. The van der Waals surface area contributed by atoms with Crippen molar-refractivity contribution in [1.29, 1.82) is 0 Å². The zero-order chi connectivity index (χ0) is 16.7. The van der Waals surface area contributed by atoms with E-state index in [1.165, 1.54) is 0 Å². The van der Waals surface area contributed by atoms with E-state index >= 15 is 0 Å². The molecule has 0 saturated carbocycles. The van der Waals surface area contributed by atoms with E-state index in [0.29, 0.717) is 6.42 Å². The molecule has 2 amide bonds. The molecular formula is C17H21N3O2S. The summed E-state index contributed by atoms with van der Waals surface area (Å²) in [6, 6.07) is 11.9. The largest absolute Gasteiger partial charge is 0.347 e. The number of carbonyl (C=O) groups is 2. The maximum atomic E-state index is 12.1. The van der Waals surface area contributed by atoms with Crippen molar-refractivity contribution in [3.05, 3.63) is 57.8 Å². The number of nitrogens with two attached hydrogens (primary N) is 1. The first-order valence-corrected chi connectivity index (χ1v) is 8.32. The fourth-order valence-corrected chi connectivity index (χ4v) is 3.28. The summed E-state index contributed by atoms with van der Waals surface area (Å²) in [4.78, 5) is 24.4. The lowest BCUT2D eigenvalue weighted by molar-refractivity contribution is -0.125. The standard InChI is InChI=1S/C17H21N3O2S/c1-12-7-8-23-17(12)14(9-13-5-3-2-4-6-13)20-16(22)11-19-15(21)10-18/h2-8,14H,9-11,18H2,1H3,(H,19,21)(H,20,22). The molecule has 0 bridgehead atoms. The van der Waals surface area contributed by atoms with Gasteiger partial charge in [0.2, 0.25) is 11.8 Å². The van der Waals surface area contributed by atoms with Gasteiger partial charge in [0, 0.05) is 4.88 Å². The Hall–Kier alpha value is -2.18. The normalized spacial score (nSPS) is 11.7. The van der Waals surface area contributed by atoms with Gasteiger partial charge in [0.05, 0.1) is 19.1 Å². The molecule has 4 N–H and O–H groups in total. The molecule has 1 aromatic heterocycles. The van der Waals surface area contributed by atoms with Crippen molar-refractivity contribution in [1.82, 2.24) is 10.6 Å². The number of hydrogen-bond donors (Lipinski definition) is 3. The Labute approximate surface area is 139 Å². The Kier molecular flexibility index (Phi) is 6.31. The van der Waals surface area contributed by atoms with Crippen molar-refractivity contribution in [3.63, 3.8) is 0 Å². The van der Waals surface area contributed by atoms with E-state index in [4.69, 9.17) is 5.73 Å². The Morgan fingerprint density at radius 3 is 2.52 bits per heavy atom. The SMILES string of the molecule is Cc1ccsc1C(Cc1ccccc1)NC(=O)CNC(=O)CN. The van der Waals surface area contributed by atoms with Gasteiger partial charge in [-0.25, -0.2) is 0 Å². The molecule has 23 heavy (non-hydrogen) atoms. The molecule has 122 valence electrons. The summed E-state index contributed by atoms with van der Waals surface area (Å²) >= 11 is 1.63. The lowest BCUT2D eigenvalue weighted by Gasteiger charge is -2.19. The van der Waals surface area contributed by atoms with Gasteiger partial charge in [-0.1, -0.05) is 30.3 Å². The second kappa shape index (κ2) is 8.45. The van der Waals surface area contributed by atoms with Crippen LogP contribution in [0.15, 0.2) is 41.8 Å². The molecule has 6 heteroatoms. The summed E-state index contributed by atoms with van der Waals surface area (Å²) in [5, 5.41) is 7.51. The van der Waals surface area contributed by atoms with Gasteiger partial charge in [-0.15, -0.1) is 11.3 Å². The number of nitrogens with one attached hydrogen (secondary N) is 2. The fraction of sp³-hybridized carbons (Fsp3) is 0.294. The van der Waals surface area contributed by atoms with Gasteiger partial charge in [0.25, 0.3) is 0 Å². The first kappa shape index (κ1) is 17.2. The number of hydrogen-bond acceptors (Lipinski definition) is 4. The van der Waals surface area contributed by atoms with E-state index < -0.39 is 0 Å². The molecule has 1 atom stereocenters. The number of carbonyl (C=O) groups excluding carboxylic acids is 2. The number of thiophene rings is 1. The van der Waals surface area contributed by atoms with Gasteiger partial charge in [0.1, 0.15) is 0 Å². The van der Waals surface area contributed by atoms with Gasteiger partial charge in [0.15, 0.2) is 0 Å². The Balaban J connectivity index is 2.06. The topological polar surface area (TPSA) is 84.2 Å². The molecular weight excluding hydrogens is 310 g/mol. The van der Waals surface area contributed by atoms with Crippen LogP contribution in [-0.4, -0.2) is 24.9 Å². The van der Waals surface area contributed by atoms with Crippen molar-refractivity contribution in [2.75, 3.05) is 13.1 Å². The number of amides is 2. The molecule has 0 spiro atoms. The summed E-state index contributed by atoms with van der Waals surface area (Å²) in [7, 11) is 0. The molecule has 1 heterocycles. The van der Waals surface area contributed by atoms with E-state index in [-0.39, 0.29) is 30.9 Å². The number of benzene rings is 1. The van der Waals surface area contributed by atoms with Crippen LogP contribution in [0.1, 0.15) is 22.0 Å². The van der Waals surface area contributed by atoms with E-state index in [1.807, 2.05) is 48.7 Å². The van der Waals surface area contributed by atoms with Crippen molar-refractivity contribution < 1.29 is 9.59 Å². The molecule has 0 fully saturated rings. The highest BCUT2D eigenvalue weighted by Gasteiger charge is 2.18. The van der Waals surface area contributed by atoms with Gasteiger partial charge < -0.3 is 16.4 Å².